The molecular weight excluding hydrogens is 340 g/mol. The lowest BCUT2D eigenvalue weighted by Crippen LogP contribution is -2.50. The molecule has 2 aliphatic heterocycles. The number of nitrogens with one attached hydrogen (secondary N) is 1. The largest absolute Gasteiger partial charge is 0.368 e. The molecule has 3 rings (SSSR count). The van der Waals surface area contributed by atoms with Crippen LogP contribution in [0, 0.1) is 18.3 Å². The predicted octanol–water partition coefficient (Wildman–Crippen LogP) is 3.35. The molecule has 0 saturated carbocycles. The minimum Gasteiger partial charge on any atom is -0.368 e. The molecule has 2 fully saturated rings. The molecule has 1 N–H and O–H groups in total. The summed E-state index contributed by atoms with van der Waals surface area (Å²) in [5.74, 6) is -0.503. The second-order valence-corrected chi connectivity index (χ2v) is 9.05. The van der Waals surface area contributed by atoms with Crippen LogP contribution in [-0.4, -0.2) is 30.7 Å². The number of carbonyl (C=O) groups excluding carboxylic acids is 3. The number of aryl methyl sites for hydroxylation is 1. The van der Waals surface area contributed by atoms with Gasteiger partial charge < -0.3 is 9.69 Å². The second kappa shape index (κ2) is 7.45. The molecule has 0 spiro atoms. The van der Waals surface area contributed by atoms with Gasteiger partial charge in [-0.3, -0.25) is 14.9 Å². The first-order chi connectivity index (χ1) is 12.7. The molecule has 3 atom stereocenters. The van der Waals surface area contributed by atoms with E-state index in [9.17, 15) is 14.4 Å². The summed E-state index contributed by atoms with van der Waals surface area (Å²) in [7, 11) is 0. The summed E-state index contributed by atoms with van der Waals surface area (Å²) in [5.41, 5.74) is 3.35. The SMILES string of the molecule is Cc1cc(C2CCC(=O)NC2=O)ccc1N1CCC(C=O)CC1C(C)(C)C. The lowest BCUT2D eigenvalue weighted by atomic mass is 9.77. The van der Waals surface area contributed by atoms with Gasteiger partial charge in [0.1, 0.15) is 6.29 Å². The smallest absolute Gasteiger partial charge is 0.234 e. The van der Waals surface area contributed by atoms with Gasteiger partial charge >= 0.3 is 0 Å². The Labute approximate surface area is 161 Å². The highest BCUT2D eigenvalue weighted by atomic mass is 16.2. The summed E-state index contributed by atoms with van der Waals surface area (Å²) in [5, 5.41) is 2.44. The first kappa shape index (κ1) is 19.6. The first-order valence-corrected chi connectivity index (χ1v) is 9.87. The molecule has 1 aromatic carbocycles. The van der Waals surface area contributed by atoms with Crippen LogP contribution in [0.2, 0.25) is 0 Å². The molecular formula is C22H30N2O3. The zero-order valence-corrected chi connectivity index (χ0v) is 16.7. The van der Waals surface area contributed by atoms with Crippen molar-refractivity contribution in [2.24, 2.45) is 11.3 Å². The molecule has 2 heterocycles. The van der Waals surface area contributed by atoms with Gasteiger partial charge in [0, 0.05) is 30.6 Å². The van der Waals surface area contributed by atoms with Crippen molar-refractivity contribution in [3.8, 4) is 0 Å². The van der Waals surface area contributed by atoms with E-state index in [1.54, 1.807) is 0 Å². The topological polar surface area (TPSA) is 66.5 Å². The molecule has 2 saturated heterocycles. The molecule has 1 aromatic rings. The summed E-state index contributed by atoms with van der Waals surface area (Å²) in [6.07, 6.45) is 3.82. The van der Waals surface area contributed by atoms with E-state index >= 15 is 0 Å². The van der Waals surface area contributed by atoms with Crippen LogP contribution in [0.5, 0.6) is 0 Å². The average Bonchev–Trinajstić information content (AvgIpc) is 2.60. The van der Waals surface area contributed by atoms with Crippen molar-refractivity contribution >= 4 is 23.8 Å². The van der Waals surface area contributed by atoms with Gasteiger partial charge in [-0.15, -0.1) is 0 Å². The van der Waals surface area contributed by atoms with Gasteiger partial charge in [-0.25, -0.2) is 0 Å². The Balaban J connectivity index is 1.87. The summed E-state index contributed by atoms with van der Waals surface area (Å²) in [6.45, 7) is 9.63. The van der Waals surface area contributed by atoms with Gasteiger partial charge in [0.05, 0.1) is 5.92 Å². The Bertz CT molecular complexity index is 750. The van der Waals surface area contributed by atoms with Gasteiger partial charge in [0.15, 0.2) is 0 Å². The highest BCUT2D eigenvalue weighted by Crippen LogP contribution is 2.39. The minimum absolute atomic E-state index is 0.0659. The zero-order chi connectivity index (χ0) is 19.8. The van der Waals surface area contributed by atoms with Crippen LogP contribution in [0.1, 0.15) is 63.5 Å². The number of piperidine rings is 2. The number of amides is 2. The van der Waals surface area contributed by atoms with E-state index in [2.05, 4.69) is 50.0 Å². The first-order valence-electron chi connectivity index (χ1n) is 9.87. The van der Waals surface area contributed by atoms with Gasteiger partial charge in [0.25, 0.3) is 0 Å². The van der Waals surface area contributed by atoms with Crippen LogP contribution in [0.4, 0.5) is 5.69 Å². The fraction of sp³-hybridized carbons (Fsp3) is 0.591. The number of imide groups is 1. The van der Waals surface area contributed by atoms with Gasteiger partial charge in [0.2, 0.25) is 11.8 Å². The van der Waals surface area contributed by atoms with Crippen molar-refractivity contribution in [2.45, 2.75) is 65.3 Å². The third-order valence-electron chi connectivity index (χ3n) is 6.01. The summed E-state index contributed by atoms with van der Waals surface area (Å²) in [4.78, 5) is 37.3. The number of hydrogen-bond acceptors (Lipinski definition) is 4. The van der Waals surface area contributed by atoms with Crippen LogP contribution in [-0.2, 0) is 14.4 Å². The van der Waals surface area contributed by atoms with E-state index < -0.39 is 0 Å². The van der Waals surface area contributed by atoms with Crippen molar-refractivity contribution < 1.29 is 14.4 Å². The minimum atomic E-state index is -0.255. The van der Waals surface area contributed by atoms with Crippen molar-refractivity contribution in [3.63, 3.8) is 0 Å². The highest BCUT2D eigenvalue weighted by Gasteiger charge is 2.37. The Kier molecular flexibility index (Phi) is 5.41. The molecule has 5 heteroatoms. The lowest BCUT2D eigenvalue weighted by Gasteiger charge is -2.47. The van der Waals surface area contributed by atoms with Gasteiger partial charge in [-0.05, 0) is 48.8 Å². The van der Waals surface area contributed by atoms with Crippen LogP contribution >= 0.6 is 0 Å². The number of aldehydes is 1. The summed E-state index contributed by atoms with van der Waals surface area (Å²) < 4.78 is 0. The Morgan fingerprint density at radius 3 is 2.52 bits per heavy atom. The maximum absolute atomic E-state index is 12.2. The van der Waals surface area contributed by atoms with Crippen LogP contribution < -0.4 is 10.2 Å². The highest BCUT2D eigenvalue weighted by molar-refractivity contribution is 6.01. The number of hydrogen-bond donors (Lipinski definition) is 1. The average molecular weight is 370 g/mol. The maximum Gasteiger partial charge on any atom is 0.234 e. The van der Waals surface area contributed by atoms with E-state index in [1.165, 1.54) is 5.69 Å². The monoisotopic (exact) mass is 370 g/mol. The number of benzene rings is 1. The third kappa shape index (κ3) is 4.07. The van der Waals surface area contributed by atoms with E-state index in [1.807, 2.05) is 6.07 Å². The van der Waals surface area contributed by atoms with Crippen LogP contribution in [0.15, 0.2) is 18.2 Å². The predicted molar refractivity (Wildman–Crippen MR) is 106 cm³/mol. The van der Waals surface area contributed by atoms with Crippen molar-refractivity contribution in [1.29, 1.82) is 0 Å². The Morgan fingerprint density at radius 1 is 1.19 bits per heavy atom. The fourth-order valence-corrected chi connectivity index (χ4v) is 4.45. The molecule has 0 bridgehead atoms. The van der Waals surface area contributed by atoms with E-state index in [4.69, 9.17) is 0 Å². The fourth-order valence-electron chi connectivity index (χ4n) is 4.45. The molecule has 2 amide bonds. The van der Waals surface area contributed by atoms with Crippen LogP contribution in [0.3, 0.4) is 0 Å². The Morgan fingerprint density at radius 2 is 1.93 bits per heavy atom. The third-order valence-corrected chi connectivity index (χ3v) is 6.01. The van der Waals surface area contributed by atoms with Gasteiger partial charge in [-0.2, -0.15) is 0 Å². The summed E-state index contributed by atoms with van der Waals surface area (Å²) >= 11 is 0. The molecule has 2 aliphatic rings. The van der Waals surface area contributed by atoms with E-state index in [0.717, 1.165) is 36.8 Å². The molecule has 0 aromatic heterocycles. The molecule has 3 unspecified atom stereocenters. The van der Waals surface area contributed by atoms with Crippen molar-refractivity contribution in [3.05, 3.63) is 29.3 Å². The molecule has 5 nitrogen and oxygen atoms in total. The molecule has 146 valence electrons. The quantitative estimate of drug-likeness (QED) is 0.655. The van der Waals surface area contributed by atoms with Crippen molar-refractivity contribution in [1.82, 2.24) is 5.32 Å². The number of carbonyl (C=O) groups is 3. The number of anilines is 1. The Hall–Kier alpha value is -2.17. The van der Waals surface area contributed by atoms with Crippen LogP contribution in [0.25, 0.3) is 0 Å². The normalized spacial score (nSPS) is 26.7. The molecule has 0 radical (unpaired) electrons. The lowest BCUT2D eigenvalue weighted by molar-refractivity contribution is -0.134. The number of nitrogens with zero attached hydrogens (tertiary/aromatic N) is 1. The summed E-state index contributed by atoms with van der Waals surface area (Å²) in [6, 6.07) is 6.50. The second-order valence-electron chi connectivity index (χ2n) is 9.05. The maximum atomic E-state index is 12.2. The van der Waals surface area contributed by atoms with Gasteiger partial charge in [-0.1, -0.05) is 32.9 Å². The van der Waals surface area contributed by atoms with E-state index in [0.29, 0.717) is 18.9 Å². The standard InChI is InChI=1S/C22H30N2O3/c1-14-11-16(17-6-8-20(26)23-21(17)27)5-7-18(14)24-10-9-15(13-25)12-19(24)22(2,3)4/h5,7,11,13,15,17,19H,6,8-10,12H2,1-4H3,(H,23,26,27). The molecule has 0 aliphatic carbocycles. The van der Waals surface area contributed by atoms with E-state index in [-0.39, 0.29) is 29.1 Å². The molecule has 27 heavy (non-hydrogen) atoms. The number of rotatable bonds is 3. The zero-order valence-electron chi connectivity index (χ0n) is 16.7. The van der Waals surface area contributed by atoms with Crippen molar-refractivity contribution in [2.75, 3.05) is 11.4 Å².